The van der Waals surface area contributed by atoms with Crippen LogP contribution < -0.4 is 0 Å². The van der Waals surface area contributed by atoms with Crippen molar-refractivity contribution in [3.8, 4) is 10.7 Å². The number of allylic oxidation sites excluding steroid dienone is 1. The van der Waals surface area contributed by atoms with Gasteiger partial charge in [0.25, 0.3) is 0 Å². The summed E-state index contributed by atoms with van der Waals surface area (Å²) in [5.41, 5.74) is 2.85. The number of thioether (sulfide) groups is 1. The summed E-state index contributed by atoms with van der Waals surface area (Å²) in [7, 11) is 0. The second kappa shape index (κ2) is 16.8. The molecule has 2 aromatic heterocycles. The van der Waals surface area contributed by atoms with Crippen LogP contribution in [0.5, 0.6) is 0 Å². The minimum absolute atomic E-state index is 0.0311. The average molecular weight is 537 g/mol. The van der Waals surface area contributed by atoms with E-state index in [0.29, 0.717) is 17.1 Å². The first kappa shape index (κ1) is 29.4. The van der Waals surface area contributed by atoms with Gasteiger partial charge in [0.15, 0.2) is 10.9 Å². The van der Waals surface area contributed by atoms with Gasteiger partial charge < -0.3 is 4.74 Å². The molecule has 0 fully saturated rings. The van der Waals surface area contributed by atoms with Gasteiger partial charge in [0.2, 0.25) is 0 Å². The Hall–Kier alpha value is -1.84. The lowest BCUT2D eigenvalue weighted by molar-refractivity contribution is -0.148. The van der Waals surface area contributed by atoms with E-state index in [-0.39, 0.29) is 35.8 Å². The molecule has 0 unspecified atom stereocenters. The zero-order valence-electron chi connectivity index (χ0n) is 20.9. The van der Waals surface area contributed by atoms with E-state index in [1.165, 1.54) is 53.7 Å². The summed E-state index contributed by atoms with van der Waals surface area (Å²) in [5.74, 6) is -0.360. The van der Waals surface area contributed by atoms with Crippen molar-refractivity contribution >= 4 is 51.3 Å². The van der Waals surface area contributed by atoms with Crippen LogP contribution in [-0.4, -0.2) is 39.2 Å². The standard InChI is InChI=1S/C26H36N2O4S3/c1-4-5-6-7-9-12-24(30)34-14-11-8-10-13-32-26(31)20(19(2)3)15-23(29)21-17-35-25(28-21)22-16-33-18-27-22/h8,10,16-20H,4-7,9,11-15H2,1-3H3/b10-8+/t20-/m0/s1. The molecule has 2 rings (SSSR count). The number of ether oxygens (including phenoxy) is 1. The molecule has 0 spiro atoms. The monoisotopic (exact) mass is 536 g/mol. The quantitative estimate of drug-likeness (QED) is 0.0912. The van der Waals surface area contributed by atoms with Gasteiger partial charge in [-0.1, -0.05) is 70.4 Å². The molecule has 2 heterocycles. The summed E-state index contributed by atoms with van der Waals surface area (Å²) in [4.78, 5) is 45.8. The number of Topliss-reactive ketones (excluding diaryl/α,β-unsaturated/α-hetero) is 1. The molecular weight excluding hydrogens is 500 g/mol. The number of nitrogens with zero attached hydrogens (tertiary/aromatic N) is 2. The van der Waals surface area contributed by atoms with E-state index in [2.05, 4.69) is 16.9 Å². The molecule has 0 radical (unpaired) electrons. The second-order valence-corrected chi connectivity index (χ2v) is 11.4. The van der Waals surface area contributed by atoms with Crippen LogP contribution >= 0.6 is 34.4 Å². The van der Waals surface area contributed by atoms with Crippen molar-refractivity contribution in [1.29, 1.82) is 0 Å². The highest BCUT2D eigenvalue weighted by Crippen LogP contribution is 2.26. The number of aromatic nitrogens is 2. The maximum Gasteiger partial charge on any atom is 0.309 e. The highest BCUT2D eigenvalue weighted by molar-refractivity contribution is 8.13. The number of hydrogen-bond acceptors (Lipinski definition) is 9. The summed E-state index contributed by atoms with van der Waals surface area (Å²) < 4.78 is 5.40. The fraction of sp³-hybridized carbons (Fsp3) is 0.577. The van der Waals surface area contributed by atoms with Crippen molar-refractivity contribution in [3.63, 3.8) is 0 Å². The van der Waals surface area contributed by atoms with Crippen molar-refractivity contribution in [2.45, 2.75) is 72.1 Å². The van der Waals surface area contributed by atoms with Crippen molar-refractivity contribution in [2.24, 2.45) is 11.8 Å². The molecule has 0 amide bonds. The van der Waals surface area contributed by atoms with Crippen molar-refractivity contribution in [3.05, 3.63) is 34.1 Å². The lowest BCUT2D eigenvalue weighted by atomic mass is 9.90. The Balaban J connectivity index is 1.67. The second-order valence-electron chi connectivity index (χ2n) is 8.66. The van der Waals surface area contributed by atoms with Crippen molar-refractivity contribution < 1.29 is 19.1 Å². The van der Waals surface area contributed by atoms with E-state index < -0.39 is 5.92 Å². The molecule has 0 aliphatic carbocycles. The zero-order chi connectivity index (χ0) is 25.5. The maximum absolute atomic E-state index is 12.7. The summed E-state index contributed by atoms with van der Waals surface area (Å²) in [6.07, 6.45) is 11.0. The van der Waals surface area contributed by atoms with Crippen LogP contribution in [0.1, 0.15) is 82.6 Å². The third-order valence-electron chi connectivity index (χ3n) is 5.47. The Labute approximate surface area is 221 Å². The lowest BCUT2D eigenvalue weighted by Crippen LogP contribution is -2.26. The van der Waals surface area contributed by atoms with Gasteiger partial charge in [-0.15, -0.1) is 22.7 Å². The molecular formula is C26H36N2O4S3. The number of carbonyl (C=O) groups excluding carboxylic acids is 3. The normalized spacial score (nSPS) is 12.3. The largest absolute Gasteiger partial charge is 0.461 e. The first-order valence-corrected chi connectivity index (χ1v) is 15.1. The molecule has 0 aromatic carbocycles. The number of esters is 1. The van der Waals surface area contributed by atoms with Gasteiger partial charge in [-0.2, -0.15) is 0 Å². The lowest BCUT2D eigenvalue weighted by Gasteiger charge is -2.17. The molecule has 9 heteroatoms. The zero-order valence-corrected chi connectivity index (χ0v) is 23.3. The maximum atomic E-state index is 12.7. The van der Waals surface area contributed by atoms with Crippen LogP contribution in [0.2, 0.25) is 0 Å². The Bertz CT molecular complexity index is 938. The average Bonchev–Trinajstić information content (AvgIpc) is 3.53. The SMILES string of the molecule is CCCCCCCC(=O)SCC/C=C/COC(=O)[C@@H](CC(=O)c1csc(-c2cscn2)n1)C(C)C. The molecule has 0 N–H and O–H groups in total. The van der Waals surface area contributed by atoms with Gasteiger partial charge in [0, 0.05) is 29.4 Å². The smallest absolute Gasteiger partial charge is 0.309 e. The van der Waals surface area contributed by atoms with Gasteiger partial charge in [-0.25, -0.2) is 9.97 Å². The van der Waals surface area contributed by atoms with E-state index in [0.717, 1.165) is 30.7 Å². The number of carbonyl (C=O) groups is 3. The molecule has 0 aliphatic rings. The summed E-state index contributed by atoms with van der Waals surface area (Å²) in [6.45, 7) is 6.17. The number of unbranched alkanes of at least 4 members (excludes halogenated alkanes) is 4. The fourth-order valence-corrected chi connectivity index (χ4v) is 5.51. The summed E-state index contributed by atoms with van der Waals surface area (Å²) in [5, 5.41) is 4.57. The molecule has 0 bridgehead atoms. The molecule has 2 aromatic rings. The molecule has 0 saturated carbocycles. The van der Waals surface area contributed by atoms with E-state index in [1.807, 2.05) is 25.3 Å². The Morgan fingerprint density at radius 1 is 1.11 bits per heavy atom. The Morgan fingerprint density at radius 2 is 1.91 bits per heavy atom. The Morgan fingerprint density at radius 3 is 2.63 bits per heavy atom. The molecule has 1 atom stereocenters. The summed E-state index contributed by atoms with van der Waals surface area (Å²) in [6, 6.07) is 0. The fourth-order valence-electron chi connectivity index (χ4n) is 3.34. The summed E-state index contributed by atoms with van der Waals surface area (Å²) >= 11 is 4.23. The van der Waals surface area contributed by atoms with Crippen LogP contribution in [0.3, 0.4) is 0 Å². The van der Waals surface area contributed by atoms with Gasteiger partial charge in [0.05, 0.1) is 11.4 Å². The van der Waals surface area contributed by atoms with E-state index in [9.17, 15) is 14.4 Å². The van der Waals surface area contributed by atoms with Gasteiger partial charge in [-0.05, 0) is 18.8 Å². The number of rotatable bonds is 17. The van der Waals surface area contributed by atoms with Gasteiger partial charge in [0.1, 0.15) is 23.0 Å². The first-order chi connectivity index (χ1) is 16.9. The predicted molar refractivity (Wildman–Crippen MR) is 146 cm³/mol. The third kappa shape index (κ3) is 11.2. The Kier molecular flexibility index (Phi) is 14.1. The van der Waals surface area contributed by atoms with Crippen molar-refractivity contribution in [2.75, 3.05) is 12.4 Å². The highest BCUT2D eigenvalue weighted by Gasteiger charge is 2.28. The van der Waals surface area contributed by atoms with E-state index in [1.54, 1.807) is 17.0 Å². The molecule has 35 heavy (non-hydrogen) atoms. The van der Waals surface area contributed by atoms with Crippen molar-refractivity contribution in [1.82, 2.24) is 9.97 Å². The topological polar surface area (TPSA) is 86.2 Å². The minimum atomic E-state index is -0.522. The van der Waals surface area contributed by atoms with Crippen LogP contribution in [0.4, 0.5) is 0 Å². The van der Waals surface area contributed by atoms with E-state index >= 15 is 0 Å². The van der Waals surface area contributed by atoms with E-state index in [4.69, 9.17) is 4.74 Å². The van der Waals surface area contributed by atoms with Gasteiger partial charge in [-0.3, -0.25) is 14.4 Å². The highest BCUT2D eigenvalue weighted by atomic mass is 32.2. The number of ketones is 1. The first-order valence-electron chi connectivity index (χ1n) is 12.3. The van der Waals surface area contributed by atoms with Crippen LogP contribution in [0.25, 0.3) is 10.7 Å². The van der Waals surface area contributed by atoms with Crippen LogP contribution in [0, 0.1) is 11.8 Å². The molecule has 6 nitrogen and oxygen atoms in total. The minimum Gasteiger partial charge on any atom is -0.461 e. The number of thiazole rings is 2. The molecule has 0 saturated heterocycles. The van der Waals surface area contributed by atoms with Crippen LogP contribution in [-0.2, 0) is 14.3 Å². The van der Waals surface area contributed by atoms with Gasteiger partial charge >= 0.3 is 5.97 Å². The molecule has 192 valence electrons. The predicted octanol–water partition coefficient (Wildman–Crippen LogP) is 7.22. The van der Waals surface area contributed by atoms with Crippen LogP contribution in [0.15, 0.2) is 28.4 Å². The third-order valence-corrected chi connectivity index (χ3v) is 7.89. The molecule has 0 aliphatic heterocycles. The number of hydrogen-bond donors (Lipinski definition) is 0.